The fourth-order valence-corrected chi connectivity index (χ4v) is 2.06. The van der Waals surface area contributed by atoms with Crippen LogP contribution in [-0.2, 0) is 13.8 Å². The van der Waals surface area contributed by atoms with E-state index in [2.05, 4.69) is 14.6 Å². The maximum Gasteiger partial charge on any atom is 0.316 e. The molecule has 5 atom stereocenters. The van der Waals surface area contributed by atoms with E-state index in [1.807, 2.05) is 0 Å². The molecule has 0 bridgehead atoms. The van der Waals surface area contributed by atoms with Crippen molar-refractivity contribution >= 4 is 14.2 Å². The van der Waals surface area contributed by atoms with Crippen molar-refractivity contribution in [3.8, 4) is 0 Å². The van der Waals surface area contributed by atoms with Crippen LogP contribution >= 0.6 is 8.25 Å². The van der Waals surface area contributed by atoms with E-state index in [-0.39, 0.29) is 12.4 Å². The summed E-state index contributed by atoms with van der Waals surface area (Å²) in [5.74, 6) is -1.12. The van der Waals surface area contributed by atoms with Gasteiger partial charge in [-0.05, 0) is 0 Å². The highest BCUT2D eigenvalue weighted by molar-refractivity contribution is 7.32. The molecular weight excluding hydrogens is 295 g/mol. The molecule has 2 heterocycles. The molecule has 5 N–H and O–H groups in total. The Bertz CT molecular complexity index is 523. The van der Waals surface area contributed by atoms with E-state index in [0.717, 1.165) is 11.0 Å². The van der Waals surface area contributed by atoms with Gasteiger partial charge in [0.15, 0.2) is 6.23 Å². The molecule has 12 heteroatoms. The van der Waals surface area contributed by atoms with E-state index in [1.165, 1.54) is 0 Å². The van der Waals surface area contributed by atoms with Crippen molar-refractivity contribution < 1.29 is 33.7 Å². The number of hydrogen-bond acceptors (Lipinski definition) is 8. The van der Waals surface area contributed by atoms with Crippen LogP contribution in [0.25, 0.3) is 0 Å². The summed E-state index contributed by atoms with van der Waals surface area (Å²) in [5.41, 5.74) is 4.99. The number of primary amides is 1. The average Bonchev–Trinajstić information content (AvgIpc) is 2.95. The summed E-state index contributed by atoms with van der Waals surface area (Å²) < 4.78 is 21.2. The Balaban J connectivity index is 2.08. The van der Waals surface area contributed by atoms with Crippen molar-refractivity contribution in [3.05, 3.63) is 12.2 Å². The highest BCUT2D eigenvalue weighted by Crippen LogP contribution is 2.30. The highest BCUT2D eigenvalue weighted by atomic mass is 31.1. The van der Waals surface area contributed by atoms with Crippen molar-refractivity contribution in [2.75, 3.05) is 6.61 Å². The molecule has 1 aromatic heterocycles. The van der Waals surface area contributed by atoms with Gasteiger partial charge in [0.2, 0.25) is 5.82 Å². The standard InChI is InChI=1S/C8H13N4O7P/c9-6(15)7-10-2-12(11-7)8-5(14)4(13)3(19-8)1-18-20(16)17/h2-5,8,13-14,20H,1H2,(H2,9,15)(H,16,17)/t3-,4-,5-,8-/m1/s1. The molecule has 112 valence electrons. The number of hydrogen-bond donors (Lipinski definition) is 4. The van der Waals surface area contributed by atoms with Gasteiger partial charge in [-0.3, -0.25) is 9.36 Å². The minimum Gasteiger partial charge on any atom is -0.387 e. The second kappa shape index (κ2) is 5.95. The van der Waals surface area contributed by atoms with E-state index in [9.17, 15) is 19.6 Å². The summed E-state index contributed by atoms with van der Waals surface area (Å²) >= 11 is 0. The van der Waals surface area contributed by atoms with Gasteiger partial charge in [0.1, 0.15) is 24.6 Å². The number of aliphatic hydroxyl groups is 2. The molecule has 2 rings (SSSR count). The summed E-state index contributed by atoms with van der Waals surface area (Å²) in [6, 6.07) is 0. The van der Waals surface area contributed by atoms with Crippen LogP contribution in [0.1, 0.15) is 16.8 Å². The number of aromatic nitrogens is 3. The highest BCUT2D eigenvalue weighted by Gasteiger charge is 2.44. The first-order valence-electron chi connectivity index (χ1n) is 5.48. The lowest BCUT2D eigenvalue weighted by Crippen LogP contribution is -2.33. The molecule has 0 aromatic carbocycles. The third kappa shape index (κ3) is 3.03. The zero-order chi connectivity index (χ0) is 14.9. The average molecular weight is 308 g/mol. The minimum atomic E-state index is -3.17. The fraction of sp³-hybridized carbons (Fsp3) is 0.625. The van der Waals surface area contributed by atoms with Crippen molar-refractivity contribution in [1.82, 2.24) is 14.8 Å². The van der Waals surface area contributed by atoms with E-state index >= 15 is 0 Å². The number of nitrogens with two attached hydrogens (primary N) is 1. The first kappa shape index (κ1) is 15.0. The van der Waals surface area contributed by atoms with Crippen LogP contribution in [-0.4, -0.2) is 60.7 Å². The van der Waals surface area contributed by atoms with E-state index in [0.29, 0.717) is 0 Å². The molecule has 0 radical (unpaired) electrons. The zero-order valence-electron chi connectivity index (χ0n) is 9.99. The van der Waals surface area contributed by atoms with Gasteiger partial charge in [0, 0.05) is 0 Å². The van der Waals surface area contributed by atoms with Gasteiger partial charge in [0.25, 0.3) is 5.91 Å². The number of carbonyl (C=O) groups is 1. The smallest absolute Gasteiger partial charge is 0.316 e. The first-order chi connectivity index (χ1) is 9.40. The number of carbonyl (C=O) groups excluding carboxylic acids is 1. The van der Waals surface area contributed by atoms with E-state index in [1.54, 1.807) is 0 Å². The molecule has 1 aliphatic heterocycles. The van der Waals surface area contributed by atoms with Crippen LogP contribution in [0.2, 0.25) is 0 Å². The van der Waals surface area contributed by atoms with E-state index in [4.69, 9.17) is 15.4 Å². The predicted molar refractivity (Wildman–Crippen MR) is 61.6 cm³/mol. The molecule has 0 aliphatic carbocycles. The Kier molecular flexibility index (Phi) is 4.48. The van der Waals surface area contributed by atoms with Gasteiger partial charge in [-0.25, -0.2) is 9.67 Å². The number of nitrogens with zero attached hydrogens (tertiary/aromatic N) is 3. The summed E-state index contributed by atoms with van der Waals surface area (Å²) in [5, 5.41) is 23.3. The first-order valence-corrected chi connectivity index (χ1v) is 6.74. The van der Waals surface area contributed by atoms with Gasteiger partial charge in [0.05, 0.1) is 6.61 Å². The lowest BCUT2D eigenvalue weighted by atomic mass is 10.1. The van der Waals surface area contributed by atoms with Gasteiger partial charge >= 0.3 is 8.25 Å². The molecule has 1 aromatic rings. The Labute approximate surface area is 112 Å². The van der Waals surface area contributed by atoms with Crippen molar-refractivity contribution in [1.29, 1.82) is 0 Å². The van der Waals surface area contributed by atoms with Gasteiger partial charge in [-0.2, -0.15) is 0 Å². The Morgan fingerprint density at radius 2 is 2.25 bits per heavy atom. The largest absolute Gasteiger partial charge is 0.387 e. The molecule has 1 amide bonds. The number of amides is 1. The molecule has 1 unspecified atom stereocenters. The summed E-state index contributed by atoms with van der Waals surface area (Å²) in [7, 11) is -3.17. The SMILES string of the molecule is NC(=O)c1ncn([C@@H]2O[C@H](CO[PH](=O)O)[C@@H](O)[C@H]2O)n1. The third-order valence-corrected chi connectivity index (χ3v) is 3.11. The third-order valence-electron chi connectivity index (χ3n) is 2.70. The van der Waals surface area contributed by atoms with Crippen LogP contribution in [0.5, 0.6) is 0 Å². The Morgan fingerprint density at radius 3 is 2.80 bits per heavy atom. The number of rotatable bonds is 5. The molecular formula is C8H13N4O7P. The van der Waals surface area contributed by atoms with Gasteiger partial charge in [-0.1, -0.05) is 0 Å². The van der Waals surface area contributed by atoms with Crippen molar-refractivity contribution in [2.45, 2.75) is 24.5 Å². The van der Waals surface area contributed by atoms with Crippen LogP contribution in [0.15, 0.2) is 6.33 Å². The number of aliphatic hydroxyl groups excluding tert-OH is 2. The molecule has 1 aliphatic rings. The maximum atomic E-state index is 10.9. The van der Waals surface area contributed by atoms with Crippen LogP contribution in [0, 0.1) is 0 Å². The second-order valence-corrected chi connectivity index (χ2v) is 4.86. The molecule has 1 saturated heterocycles. The van der Waals surface area contributed by atoms with Crippen molar-refractivity contribution in [2.24, 2.45) is 5.73 Å². The molecule has 20 heavy (non-hydrogen) atoms. The van der Waals surface area contributed by atoms with Crippen LogP contribution < -0.4 is 5.73 Å². The lowest BCUT2D eigenvalue weighted by Gasteiger charge is -2.13. The summed E-state index contributed by atoms with van der Waals surface area (Å²) in [4.78, 5) is 23.0. The summed E-state index contributed by atoms with van der Waals surface area (Å²) in [6.45, 7) is -0.375. The summed E-state index contributed by atoms with van der Waals surface area (Å²) in [6.07, 6.45) is -3.73. The predicted octanol–water partition coefficient (Wildman–Crippen LogP) is -2.61. The molecule has 11 nitrogen and oxygen atoms in total. The van der Waals surface area contributed by atoms with E-state index < -0.39 is 38.7 Å². The van der Waals surface area contributed by atoms with Crippen LogP contribution in [0.4, 0.5) is 0 Å². The normalized spacial score (nSPS) is 31.4. The lowest BCUT2D eigenvalue weighted by molar-refractivity contribution is -0.0557. The molecule has 0 spiro atoms. The Hall–Kier alpha value is -1.36. The molecule has 0 saturated carbocycles. The fourth-order valence-electron chi connectivity index (χ4n) is 1.75. The maximum absolute atomic E-state index is 10.9. The monoisotopic (exact) mass is 308 g/mol. The molecule has 1 fully saturated rings. The van der Waals surface area contributed by atoms with Gasteiger partial charge in [-0.15, -0.1) is 5.10 Å². The second-order valence-electron chi connectivity index (χ2n) is 4.04. The zero-order valence-corrected chi connectivity index (χ0v) is 11.0. The Morgan fingerprint density at radius 1 is 1.55 bits per heavy atom. The van der Waals surface area contributed by atoms with Crippen molar-refractivity contribution in [3.63, 3.8) is 0 Å². The topological polar surface area (TPSA) is 170 Å². The quantitative estimate of drug-likeness (QED) is 0.425. The van der Waals surface area contributed by atoms with Gasteiger partial charge < -0.3 is 30.1 Å². The van der Waals surface area contributed by atoms with Crippen LogP contribution in [0.3, 0.4) is 0 Å². The number of ether oxygens (including phenoxy) is 1. The minimum absolute atomic E-state index is 0.268.